The quantitative estimate of drug-likeness (QED) is 0.830. The van der Waals surface area contributed by atoms with E-state index in [1.165, 1.54) is 0 Å². The van der Waals surface area contributed by atoms with Crippen LogP contribution in [-0.2, 0) is 4.74 Å². The maximum atomic E-state index is 12.4. The predicted molar refractivity (Wildman–Crippen MR) is 89.2 cm³/mol. The average molecular weight is 331 g/mol. The van der Waals surface area contributed by atoms with Gasteiger partial charge in [-0.15, -0.1) is 0 Å². The Morgan fingerprint density at radius 3 is 2.92 bits per heavy atom. The van der Waals surface area contributed by atoms with Crippen LogP contribution in [0.25, 0.3) is 0 Å². The lowest BCUT2D eigenvalue weighted by molar-refractivity contribution is 0.0110. The third-order valence-electron chi connectivity index (χ3n) is 4.28. The fraction of sp³-hybridized carbons (Fsp3) is 0.412. The van der Waals surface area contributed by atoms with Crippen molar-refractivity contribution < 1.29 is 19.1 Å². The smallest absolute Gasteiger partial charge is 0.407 e. The van der Waals surface area contributed by atoms with Crippen molar-refractivity contribution in [1.82, 2.24) is 10.2 Å². The van der Waals surface area contributed by atoms with Gasteiger partial charge < -0.3 is 25.0 Å². The Bertz CT molecular complexity index is 638. The van der Waals surface area contributed by atoms with Crippen LogP contribution >= 0.6 is 0 Å². The number of anilines is 1. The maximum Gasteiger partial charge on any atom is 0.407 e. The second kappa shape index (κ2) is 6.82. The number of piperidine rings is 1. The number of hydrogen-bond donors (Lipinski definition) is 2. The van der Waals surface area contributed by atoms with Gasteiger partial charge in [0.1, 0.15) is 18.0 Å². The molecule has 2 fully saturated rings. The number of rotatable bonds is 4. The number of nitrogens with one attached hydrogen (secondary N) is 2. The van der Waals surface area contributed by atoms with Crippen molar-refractivity contribution in [1.29, 1.82) is 0 Å². The molecule has 3 amide bonds. The van der Waals surface area contributed by atoms with Crippen molar-refractivity contribution in [2.24, 2.45) is 0 Å². The molecule has 1 aromatic rings. The van der Waals surface area contributed by atoms with Gasteiger partial charge in [-0.05, 0) is 12.1 Å². The Morgan fingerprint density at radius 1 is 1.46 bits per heavy atom. The number of carbonyl (C=O) groups is 2. The highest BCUT2D eigenvalue weighted by atomic mass is 16.6. The molecular weight excluding hydrogens is 310 g/mol. The van der Waals surface area contributed by atoms with Gasteiger partial charge in [-0.3, -0.25) is 0 Å². The second-order valence-corrected chi connectivity index (χ2v) is 5.97. The van der Waals surface area contributed by atoms with Gasteiger partial charge in [-0.1, -0.05) is 18.7 Å². The highest BCUT2D eigenvalue weighted by Crippen LogP contribution is 2.29. The van der Waals surface area contributed by atoms with E-state index >= 15 is 0 Å². The molecule has 3 rings (SSSR count). The molecule has 2 aliphatic heterocycles. The molecule has 128 valence electrons. The van der Waals surface area contributed by atoms with Crippen LogP contribution in [0.1, 0.15) is 12.8 Å². The molecule has 0 atom stereocenters. The molecule has 2 N–H and O–H groups in total. The average Bonchev–Trinajstić information content (AvgIpc) is 2.94. The number of carbonyl (C=O) groups excluding carboxylic acids is 2. The van der Waals surface area contributed by atoms with Crippen molar-refractivity contribution in [3.8, 4) is 5.75 Å². The molecule has 0 bridgehead atoms. The molecule has 0 aliphatic carbocycles. The Kier molecular flexibility index (Phi) is 4.59. The highest BCUT2D eigenvalue weighted by molar-refractivity contribution is 5.89. The van der Waals surface area contributed by atoms with Crippen LogP contribution in [0.15, 0.2) is 36.9 Å². The number of nitrogens with zero attached hydrogens (tertiary/aromatic N) is 1. The van der Waals surface area contributed by atoms with Gasteiger partial charge in [0.15, 0.2) is 0 Å². The molecule has 7 nitrogen and oxygen atoms in total. The first-order chi connectivity index (χ1) is 11.6. The first kappa shape index (κ1) is 16.2. The number of hydrogen-bond acceptors (Lipinski definition) is 4. The fourth-order valence-electron chi connectivity index (χ4n) is 2.92. The van der Waals surface area contributed by atoms with Crippen LogP contribution < -0.4 is 15.4 Å². The molecule has 7 heteroatoms. The molecule has 0 radical (unpaired) electrons. The van der Waals surface area contributed by atoms with Gasteiger partial charge in [-0.25, -0.2) is 9.59 Å². The summed E-state index contributed by atoms with van der Waals surface area (Å²) in [6.45, 7) is 5.64. The van der Waals surface area contributed by atoms with Crippen molar-refractivity contribution in [3.05, 3.63) is 36.9 Å². The van der Waals surface area contributed by atoms with E-state index in [-0.39, 0.29) is 12.1 Å². The number of urea groups is 1. The molecule has 2 heterocycles. The fourth-order valence-corrected chi connectivity index (χ4v) is 2.92. The summed E-state index contributed by atoms with van der Waals surface area (Å²) in [7, 11) is 0. The van der Waals surface area contributed by atoms with Crippen molar-refractivity contribution in [2.45, 2.75) is 18.4 Å². The van der Waals surface area contributed by atoms with E-state index in [9.17, 15) is 9.59 Å². The Morgan fingerprint density at radius 2 is 2.25 bits per heavy atom. The molecule has 24 heavy (non-hydrogen) atoms. The zero-order chi connectivity index (χ0) is 17.0. The van der Waals surface area contributed by atoms with Crippen LogP contribution in [0, 0.1) is 0 Å². The third-order valence-corrected chi connectivity index (χ3v) is 4.28. The van der Waals surface area contributed by atoms with Crippen LogP contribution in [0.4, 0.5) is 15.3 Å². The van der Waals surface area contributed by atoms with E-state index in [2.05, 4.69) is 17.2 Å². The first-order valence-corrected chi connectivity index (χ1v) is 7.97. The summed E-state index contributed by atoms with van der Waals surface area (Å²) < 4.78 is 10.8. The minimum Gasteiger partial charge on any atom is -0.489 e. The van der Waals surface area contributed by atoms with Crippen molar-refractivity contribution in [3.63, 3.8) is 0 Å². The van der Waals surface area contributed by atoms with E-state index in [0.717, 1.165) is 0 Å². The Balaban J connectivity index is 1.54. The van der Waals surface area contributed by atoms with Crippen LogP contribution in [0.3, 0.4) is 0 Å². The van der Waals surface area contributed by atoms with Gasteiger partial charge in [0.05, 0.1) is 6.54 Å². The molecule has 0 saturated carbocycles. The number of benzene rings is 1. The predicted octanol–water partition coefficient (Wildman–Crippen LogP) is 2.36. The summed E-state index contributed by atoms with van der Waals surface area (Å²) in [5.41, 5.74) is 0.225. The molecule has 0 unspecified atom stereocenters. The largest absolute Gasteiger partial charge is 0.489 e. The van der Waals surface area contributed by atoms with Crippen molar-refractivity contribution in [2.75, 3.05) is 31.6 Å². The number of ether oxygens (including phenoxy) is 2. The van der Waals surface area contributed by atoms with Gasteiger partial charge in [0, 0.05) is 37.7 Å². The lowest BCUT2D eigenvalue weighted by Crippen LogP contribution is -2.49. The number of likely N-dealkylation sites (tertiary alicyclic amines) is 1. The molecule has 1 spiro atoms. The summed E-state index contributed by atoms with van der Waals surface area (Å²) in [6, 6.07) is 7.07. The van der Waals surface area contributed by atoms with Crippen molar-refractivity contribution >= 4 is 17.8 Å². The summed E-state index contributed by atoms with van der Waals surface area (Å²) in [5.74, 6) is 0.675. The summed E-state index contributed by atoms with van der Waals surface area (Å²) in [4.78, 5) is 25.4. The first-order valence-electron chi connectivity index (χ1n) is 7.97. The molecule has 2 aliphatic rings. The standard InChI is InChI=1S/C17H21N3O4/c1-2-10-23-14-5-3-4-13(11-14)19-15(21)20-8-6-17(7-9-20)12-18-16(22)24-17/h2-5,11H,1,6-10,12H2,(H,18,22)(H,19,21). The zero-order valence-electron chi connectivity index (χ0n) is 13.4. The Hall–Kier alpha value is -2.70. The van der Waals surface area contributed by atoms with E-state index in [1.807, 2.05) is 18.2 Å². The summed E-state index contributed by atoms with van der Waals surface area (Å²) in [5, 5.41) is 5.56. The van der Waals surface area contributed by atoms with Crippen LogP contribution in [0.2, 0.25) is 0 Å². The lowest BCUT2D eigenvalue weighted by Gasteiger charge is -2.37. The summed E-state index contributed by atoms with van der Waals surface area (Å²) in [6.07, 6.45) is 2.58. The van der Waals surface area contributed by atoms with E-state index < -0.39 is 5.60 Å². The second-order valence-electron chi connectivity index (χ2n) is 5.97. The minimum absolute atomic E-state index is 0.164. The molecular formula is C17H21N3O4. The third kappa shape index (κ3) is 3.61. The van der Waals surface area contributed by atoms with Crippen LogP contribution in [0.5, 0.6) is 5.75 Å². The van der Waals surface area contributed by atoms with Crippen LogP contribution in [-0.4, -0.2) is 48.9 Å². The lowest BCUT2D eigenvalue weighted by atomic mass is 9.92. The monoisotopic (exact) mass is 331 g/mol. The Labute approximate surface area is 140 Å². The molecule has 2 saturated heterocycles. The minimum atomic E-state index is -0.452. The van der Waals surface area contributed by atoms with E-state index in [1.54, 1.807) is 17.0 Å². The van der Waals surface area contributed by atoms with Gasteiger partial charge >= 0.3 is 12.1 Å². The topological polar surface area (TPSA) is 79.9 Å². The molecule has 0 aromatic heterocycles. The number of alkyl carbamates (subject to hydrolysis) is 1. The number of amides is 3. The van der Waals surface area contributed by atoms with Gasteiger partial charge in [0.25, 0.3) is 0 Å². The SMILES string of the molecule is C=CCOc1cccc(NC(=O)N2CCC3(CC2)CNC(=O)O3)c1. The highest BCUT2D eigenvalue weighted by Gasteiger charge is 2.43. The maximum absolute atomic E-state index is 12.4. The zero-order valence-corrected chi connectivity index (χ0v) is 13.4. The van der Waals surface area contributed by atoms with Gasteiger partial charge in [0.2, 0.25) is 0 Å². The van der Waals surface area contributed by atoms with Gasteiger partial charge in [-0.2, -0.15) is 0 Å². The van der Waals surface area contributed by atoms with E-state index in [4.69, 9.17) is 9.47 Å². The molecule has 1 aromatic carbocycles. The normalized spacial score (nSPS) is 18.7. The summed E-state index contributed by atoms with van der Waals surface area (Å²) >= 11 is 0. The van der Waals surface area contributed by atoms with E-state index in [0.29, 0.717) is 50.5 Å².